The molecule has 0 aromatic heterocycles. The number of esters is 1. The standard InChI is InChI=1S/C16H28O2/c1-6-13(3)9-8-10-14(4)11-12-16(7-2)18-15(5)17/h6,10,16H,7-9,11-12H2,1-5H3. The molecule has 0 aliphatic carbocycles. The Bertz CT molecular complexity index is 300. The molecule has 2 heteroatoms. The minimum atomic E-state index is -0.174. The van der Waals surface area contributed by atoms with Gasteiger partial charge in [0.25, 0.3) is 0 Å². The molecule has 2 nitrogen and oxygen atoms in total. The summed E-state index contributed by atoms with van der Waals surface area (Å²) in [5.41, 5.74) is 2.83. The highest BCUT2D eigenvalue weighted by Gasteiger charge is 2.09. The Morgan fingerprint density at radius 1 is 1.17 bits per heavy atom. The maximum Gasteiger partial charge on any atom is 0.302 e. The maximum absolute atomic E-state index is 10.9. The lowest BCUT2D eigenvalue weighted by atomic mass is 10.0. The minimum Gasteiger partial charge on any atom is -0.463 e. The normalized spacial score (nSPS) is 14.5. The van der Waals surface area contributed by atoms with Crippen LogP contribution < -0.4 is 0 Å². The first-order chi connectivity index (χ1) is 8.49. The van der Waals surface area contributed by atoms with Crippen molar-refractivity contribution in [3.05, 3.63) is 23.3 Å². The number of rotatable bonds is 8. The summed E-state index contributed by atoms with van der Waals surface area (Å²) in [6, 6.07) is 0. The zero-order valence-corrected chi connectivity index (χ0v) is 12.6. The first-order valence-electron chi connectivity index (χ1n) is 6.94. The summed E-state index contributed by atoms with van der Waals surface area (Å²) in [4.78, 5) is 10.9. The molecule has 18 heavy (non-hydrogen) atoms. The van der Waals surface area contributed by atoms with Crippen molar-refractivity contribution in [2.75, 3.05) is 0 Å². The van der Waals surface area contributed by atoms with Crippen molar-refractivity contribution >= 4 is 5.97 Å². The van der Waals surface area contributed by atoms with E-state index in [-0.39, 0.29) is 12.1 Å². The zero-order chi connectivity index (χ0) is 14.0. The second-order valence-electron chi connectivity index (χ2n) is 4.90. The van der Waals surface area contributed by atoms with Crippen LogP contribution in [0.1, 0.15) is 66.7 Å². The van der Waals surface area contributed by atoms with Gasteiger partial charge in [-0.05, 0) is 52.9 Å². The molecular weight excluding hydrogens is 224 g/mol. The van der Waals surface area contributed by atoms with Gasteiger partial charge in [-0.3, -0.25) is 4.79 Å². The average Bonchev–Trinajstić information content (AvgIpc) is 2.33. The van der Waals surface area contributed by atoms with Crippen molar-refractivity contribution in [2.45, 2.75) is 72.8 Å². The van der Waals surface area contributed by atoms with Gasteiger partial charge < -0.3 is 4.74 Å². The van der Waals surface area contributed by atoms with Crippen LogP contribution >= 0.6 is 0 Å². The van der Waals surface area contributed by atoms with E-state index in [0.717, 1.165) is 32.1 Å². The first kappa shape index (κ1) is 16.9. The number of ether oxygens (including phenoxy) is 1. The van der Waals surface area contributed by atoms with Crippen molar-refractivity contribution in [1.82, 2.24) is 0 Å². The fourth-order valence-electron chi connectivity index (χ4n) is 1.76. The summed E-state index contributed by atoms with van der Waals surface area (Å²) in [7, 11) is 0. The van der Waals surface area contributed by atoms with Crippen molar-refractivity contribution in [2.24, 2.45) is 0 Å². The smallest absolute Gasteiger partial charge is 0.302 e. The fraction of sp³-hybridized carbons (Fsp3) is 0.688. The highest BCUT2D eigenvalue weighted by molar-refractivity contribution is 5.66. The lowest BCUT2D eigenvalue weighted by Gasteiger charge is -2.14. The summed E-state index contributed by atoms with van der Waals surface area (Å²) in [5, 5.41) is 0. The molecule has 0 fully saturated rings. The van der Waals surface area contributed by atoms with Crippen LogP contribution in [0.15, 0.2) is 23.3 Å². The molecular formula is C16H28O2. The lowest BCUT2D eigenvalue weighted by molar-refractivity contribution is -0.146. The van der Waals surface area contributed by atoms with E-state index in [1.165, 1.54) is 18.1 Å². The van der Waals surface area contributed by atoms with Crippen LogP contribution in [0.3, 0.4) is 0 Å². The third-order valence-corrected chi connectivity index (χ3v) is 3.17. The van der Waals surface area contributed by atoms with Gasteiger partial charge in [0.05, 0.1) is 0 Å². The Hall–Kier alpha value is -1.05. The predicted molar refractivity (Wildman–Crippen MR) is 77.5 cm³/mol. The van der Waals surface area contributed by atoms with Gasteiger partial charge in [0, 0.05) is 6.92 Å². The maximum atomic E-state index is 10.9. The summed E-state index contributed by atoms with van der Waals surface area (Å²) in [6.45, 7) is 9.94. The Balaban J connectivity index is 3.95. The van der Waals surface area contributed by atoms with Crippen LogP contribution in [0.25, 0.3) is 0 Å². The van der Waals surface area contributed by atoms with Gasteiger partial charge in [0.2, 0.25) is 0 Å². The lowest BCUT2D eigenvalue weighted by Crippen LogP contribution is -2.15. The molecule has 0 aliphatic heterocycles. The summed E-state index contributed by atoms with van der Waals surface area (Å²) in [6.07, 6.45) is 9.61. The van der Waals surface area contributed by atoms with Crippen LogP contribution in [-0.4, -0.2) is 12.1 Å². The molecule has 0 radical (unpaired) electrons. The molecule has 0 bridgehead atoms. The van der Waals surface area contributed by atoms with E-state index >= 15 is 0 Å². The van der Waals surface area contributed by atoms with Gasteiger partial charge in [0.1, 0.15) is 6.10 Å². The van der Waals surface area contributed by atoms with Gasteiger partial charge in [0.15, 0.2) is 0 Å². The van der Waals surface area contributed by atoms with Gasteiger partial charge in [-0.15, -0.1) is 0 Å². The number of carbonyl (C=O) groups is 1. The van der Waals surface area contributed by atoms with Gasteiger partial charge in [-0.2, -0.15) is 0 Å². The molecule has 0 spiro atoms. The first-order valence-corrected chi connectivity index (χ1v) is 6.94. The van der Waals surface area contributed by atoms with E-state index in [2.05, 4.69) is 39.8 Å². The summed E-state index contributed by atoms with van der Waals surface area (Å²) < 4.78 is 5.23. The summed E-state index contributed by atoms with van der Waals surface area (Å²) in [5.74, 6) is -0.174. The molecule has 0 aromatic rings. The van der Waals surface area contributed by atoms with Crippen LogP contribution in [0, 0.1) is 0 Å². The van der Waals surface area contributed by atoms with Gasteiger partial charge in [-0.1, -0.05) is 30.2 Å². The molecule has 0 amide bonds. The van der Waals surface area contributed by atoms with E-state index in [0.29, 0.717) is 0 Å². The largest absolute Gasteiger partial charge is 0.463 e. The second kappa shape index (κ2) is 9.93. The average molecular weight is 252 g/mol. The van der Waals surface area contributed by atoms with Crippen LogP contribution in [0.5, 0.6) is 0 Å². The molecule has 0 saturated heterocycles. The van der Waals surface area contributed by atoms with Crippen molar-refractivity contribution in [3.63, 3.8) is 0 Å². The topological polar surface area (TPSA) is 26.3 Å². The summed E-state index contributed by atoms with van der Waals surface area (Å²) >= 11 is 0. The number of allylic oxidation sites excluding steroid dienone is 4. The van der Waals surface area contributed by atoms with Crippen molar-refractivity contribution < 1.29 is 9.53 Å². The van der Waals surface area contributed by atoms with E-state index in [9.17, 15) is 4.79 Å². The van der Waals surface area contributed by atoms with Gasteiger partial charge in [-0.25, -0.2) is 0 Å². The number of hydrogen-bond donors (Lipinski definition) is 0. The van der Waals surface area contributed by atoms with Crippen LogP contribution in [0.4, 0.5) is 0 Å². The van der Waals surface area contributed by atoms with Crippen LogP contribution in [-0.2, 0) is 9.53 Å². The molecule has 0 aromatic carbocycles. The quantitative estimate of drug-likeness (QED) is 0.458. The second-order valence-corrected chi connectivity index (χ2v) is 4.90. The molecule has 1 atom stereocenters. The van der Waals surface area contributed by atoms with Crippen LogP contribution in [0.2, 0.25) is 0 Å². The molecule has 104 valence electrons. The van der Waals surface area contributed by atoms with Crippen molar-refractivity contribution in [3.8, 4) is 0 Å². The fourth-order valence-corrected chi connectivity index (χ4v) is 1.76. The molecule has 0 saturated carbocycles. The van der Waals surface area contributed by atoms with Crippen molar-refractivity contribution in [1.29, 1.82) is 0 Å². The number of carbonyl (C=O) groups excluding carboxylic acids is 1. The highest BCUT2D eigenvalue weighted by atomic mass is 16.5. The molecule has 0 N–H and O–H groups in total. The monoisotopic (exact) mass is 252 g/mol. The highest BCUT2D eigenvalue weighted by Crippen LogP contribution is 2.14. The third-order valence-electron chi connectivity index (χ3n) is 3.17. The van der Waals surface area contributed by atoms with E-state index in [4.69, 9.17) is 4.74 Å². The minimum absolute atomic E-state index is 0.0723. The SMILES string of the molecule is CC=C(C)CCC=C(C)CCC(CC)OC(C)=O. The molecule has 1 unspecified atom stereocenters. The Kier molecular flexibility index (Phi) is 9.35. The molecule has 0 heterocycles. The number of hydrogen-bond acceptors (Lipinski definition) is 2. The predicted octanol–water partition coefficient (Wildman–Crippen LogP) is 4.80. The Labute approximate surface area is 112 Å². The Morgan fingerprint density at radius 3 is 2.33 bits per heavy atom. The molecule has 0 rings (SSSR count). The molecule has 0 aliphatic rings. The Morgan fingerprint density at radius 2 is 1.83 bits per heavy atom. The zero-order valence-electron chi connectivity index (χ0n) is 12.6. The van der Waals surface area contributed by atoms with Gasteiger partial charge >= 0.3 is 5.97 Å². The van der Waals surface area contributed by atoms with E-state index in [1.807, 2.05) is 0 Å². The van der Waals surface area contributed by atoms with E-state index in [1.54, 1.807) is 0 Å². The third kappa shape index (κ3) is 9.03. The van der Waals surface area contributed by atoms with E-state index < -0.39 is 0 Å².